The van der Waals surface area contributed by atoms with Crippen molar-refractivity contribution in [3.63, 3.8) is 0 Å². The molecule has 100 valence electrons. The second kappa shape index (κ2) is 4.83. The van der Waals surface area contributed by atoms with Crippen LogP contribution in [0.1, 0.15) is 18.4 Å². The lowest BCUT2D eigenvalue weighted by molar-refractivity contribution is 0.568. The highest BCUT2D eigenvalue weighted by atomic mass is 32.2. The maximum absolute atomic E-state index is 11.7. The van der Waals surface area contributed by atoms with Gasteiger partial charge in [0, 0.05) is 12.1 Å². The Hall–Kier alpha value is -1.59. The number of hydrogen-bond donors (Lipinski definition) is 1. The summed E-state index contributed by atoms with van der Waals surface area (Å²) < 4.78 is 31.1. The average Bonchev–Trinajstić information content (AvgIpc) is 3.15. The normalized spacial score (nSPS) is 15.6. The monoisotopic (exact) mass is 277 g/mol. The van der Waals surface area contributed by atoms with Crippen LogP contribution in [-0.2, 0) is 16.6 Å². The molecule has 0 saturated heterocycles. The molecule has 0 amide bonds. The summed E-state index contributed by atoms with van der Waals surface area (Å²) in [4.78, 5) is 0. The minimum Gasteiger partial charge on any atom is -0.472 e. The fourth-order valence-electron chi connectivity index (χ4n) is 1.92. The molecule has 1 aromatic carbocycles. The summed E-state index contributed by atoms with van der Waals surface area (Å²) >= 11 is 0. The van der Waals surface area contributed by atoms with E-state index in [0.29, 0.717) is 6.54 Å². The standard InChI is InChI=1S/C14H15NO3S/c16-19(17,14-5-6-14)15-9-11-1-3-12(4-2-11)13-7-8-18-10-13/h1-4,7-8,10,14-15H,5-6,9H2. The van der Waals surface area contributed by atoms with Gasteiger partial charge in [-0.2, -0.15) is 0 Å². The maximum Gasteiger partial charge on any atom is 0.214 e. The number of sulfonamides is 1. The molecule has 2 aromatic rings. The topological polar surface area (TPSA) is 59.3 Å². The van der Waals surface area contributed by atoms with Gasteiger partial charge in [0.2, 0.25) is 10.0 Å². The van der Waals surface area contributed by atoms with Crippen LogP contribution >= 0.6 is 0 Å². The molecule has 0 unspecified atom stereocenters. The largest absolute Gasteiger partial charge is 0.472 e. The number of rotatable bonds is 5. The lowest BCUT2D eigenvalue weighted by Crippen LogP contribution is -2.26. The molecule has 3 rings (SSSR count). The van der Waals surface area contributed by atoms with Crippen molar-refractivity contribution in [2.24, 2.45) is 0 Å². The van der Waals surface area contributed by atoms with Gasteiger partial charge in [0.25, 0.3) is 0 Å². The van der Waals surface area contributed by atoms with Gasteiger partial charge in [-0.1, -0.05) is 24.3 Å². The zero-order valence-corrected chi connectivity index (χ0v) is 11.2. The van der Waals surface area contributed by atoms with Crippen LogP contribution in [0.2, 0.25) is 0 Å². The van der Waals surface area contributed by atoms with Crippen molar-refractivity contribution < 1.29 is 12.8 Å². The summed E-state index contributed by atoms with van der Waals surface area (Å²) in [6.45, 7) is 0.352. The van der Waals surface area contributed by atoms with Crippen molar-refractivity contribution in [2.45, 2.75) is 24.6 Å². The minimum absolute atomic E-state index is 0.169. The van der Waals surface area contributed by atoms with Crippen molar-refractivity contribution in [1.82, 2.24) is 4.72 Å². The number of furan rings is 1. The van der Waals surface area contributed by atoms with Crippen molar-refractivity contribution >= 4 is 10.0 Å². The van der Waals surface area contributed by atoms with Gasteiger partial charge in [0.1, 0.15) is 0 Å². The van der Waals surface area contributed by atoms with Crippen molar-refractivity contribution in [1.29, 1.82) is 0 Å². The Morgan fingerprint density at radius 2 is 1.84 bits per heavy atom. The Balaban J connectivity index is 1.66. The fraction of sp³-hybridized carbons (Fsp3) is 0.286. The predicted molar refractivity (Wildman–Crippen MR) is 72.9 cm³/mol. The van der Waals surface area contributed by atoms with E-state index in [9.17, 15) is 8.42 Å². The molecular weight excluding hydrogens is 262 g/mol. The first-order valence-electron chi connectivity index (χ1n) is 6.25. The lowest BCUT2D eigenvalue weighted by Gasteiger charge is -2.06. The Bertz CT molecular complexity index is 641. The number of nitrogens with one attached hydrogen (secondary N) is 1. The van der Waals surface area contributed by atoms with E-state index in [1.807, 2.05) is 30.3 Å². The summed E-state index contributed by atoms with van der Waals surface area (Å²) in [7, 11) is -3.10. The van der Waals surface area contributed by atoms with Gasteiger partial charge in [-0.15, -0.1) is 0 Å². The molecular formula is C14H15NO3S. The summed E-state index contributed by atoms with van der Waals surface area (Å²) in [6.07, 6.45) is 4.89. The predicted octanol–water partition coefficient (Wildman–Crippen LogP) is 2.53. The molecule has 1 aliphatic carbocycles. The third-order valence-corrected chi connectivity index (χ3v) is 5.14. The lowest BCUT2D eigenvalue weighted by atomic mass is 10.1. The zero-order valence-electron chi connectivity index (χ0n) is 10.4. The third kappa shape index (κ3) is 2.88. The molecule has 0 radical (unpaired) electrons. The molecule has 0 aliphatic heterocycles. The van der Waals surface area contributed by atoms with Crippen LogP contribution in [0.15, 0.2) is 47.3 Å². The SMILES string of the molecule is O=S(=O)(NCc1ccc(-c2ccoc2)cc1)C1CC1. The summed E-state index contributed by atoms with van der Waals surface area (Å²) in [5, 5.41) is -0.169. The Morgan fingerprint density at radius 1 is 1.11 bits per heavy atom. The molecule has 1 heterocycles. The summed E-state index contributed by atoms with van der Waals surface area (Å²) in [5.41, 5.74) is 3.03. The molecule has 0 bridgehead atoms. The van der Waals surface area contributed by atoms with Crippen LogP contribution in [0.5, 0.6) is 0 Å². The molecule has 1 aromatic heterocycles. The van der Waals surface area contributed by atoms with Crippen molar-refractivity contribution in [2.75, 3.05) is 0 Å². The highest BCUT2D eigenvalue weighted by Crippen LogP contribution is 2.27. The molecule has 0 atom stereocenters. The molecule has 0 spiro atoms. The molecule has 5 heteroatoms. The molecule has 1 saturated carbocycles. The molecule has 1 fully saturated rings. The Morgan fingerprint density at radius 3 is 2.42 bits per heavy atom. The van der Waals surface area contributed by atoms with Gasteiger partial charge in [-0.05, 0) is 30.0 Å². The molecule has 19 heavy (non-hydrogen) atoms. The Labute approximate surface area is 112 Å². The first-order chi connectivity index (χ1) is 9.15. The van der Waals surface area contributed by atoms with Crippen LogP contribution in [0.4, 0.5) is 0 Å². The first kappa shape index (κ1) is 12.4. The van der Waals surface area contributed by atoms with E-state index in [-0.39, 0.29) is 5.25 Å². The van der Waals surface area contributed by atoms with Crippen LogP contribution in [0.25, 0.3) is 11.1 Å². The maximum atomic E-state index is 11.7. The zero-order chi connectivity index (χ0) is 13.3. The third-order valence-electron chi connectivity index (χ3n) is 3.25. The average molecular weight is 277 g/mol. The van der Waals surface area contributed by atoms with E-state index in [4.69, 9.17) is 4.42 Å². The van der Waals surface area contributed by atoms with E-state index in [1.54, 1.807) is 12.5 Å². The van der Waals surface area contributed by atoms with Crippen LogP contribution in [0, 0.1) is 0 Å². The van der Waals surface area contributed by atoms with Gasteiger partial charge in [-0.25, -0.2) is 13.1 Å². The van der Waals surface area contributed by atoms with E-state index in [0.717, 1.165) is 29.5 Å². The second-order valence-electron chi connectivity index (χ2n) is 4.77. The summed E-state index contributed by atoms with van der Waals surface area (Å²) in [5.74, 6) is 0. The van der Waals surface area contributed by atoms with Crippen LogP contribution in [-0.4, -0.2) is 13.7 Å². The van der Waals surface area contributed by atoms with Gasteiger partial charge in [0.05, 0.1) is 17.8 Å². The van der Waals surface area contributed by atoms with Gasteiger partial charge < -0.3 is 4.42 Å². The highest BCUT2D eigenvalue weighted by molar-refractivity contribution is 7.90. The summed E-state index contributed by atoms with van der Waals surface area (Å²) in [6, 6.07) is 9.68. The molecule has 4 nitrogen and oxygen atoms in total. The number of hydrogen-bond acceptors (Lipinski definition) is 3. The van der Waals surface area contributed by atoms with Gasteiger partial charge in [0.15, 0.2) is 0 Å². The van der Waals surface area contributed by atoms with Gasteiger partial charge >= 0.3 is 0 Å². The van der Waals surface area contributed by atoms with E-state index in [2.05, 4.69) is 4.72 Å². The van der Waals surface area contributed by atoms with E-state index in [1.165, 1.54) is 0 Å². The fourth-order valence-corrected chi connectivity index (χ4v) is 3.28. The van der Waals surface area contributed by atoms with E-state index >= 15 is 0 Å². The smallest absolute Gasteiger partial charge is 0.214 e. The molecule has 1 N–H and O–H groups in total. The van der Waals surface area contributed by atoms with Gasteiger partial charge in [-0.3, -0.25) is 0 Å². The van der Waals surface area contributed by atoms with Crippen LogP contribution < -0.4 is 4.72 Å². The van der Waals surface area contributed by atoms with Crippen molar-refractivity contribution in [3.8, 4) is 11.1 Å². The quantitative estimate of drug-likeness (QED) is 0.913. The molecule has 1 aliphatic rings. The highest BCUT2D eigenvalue weighted by Gasteiger charge is 2.35. The minimum atomic E-state index is -3.10. The number of benzene rings is 1. The van der Waals surface area contributed by atoms with E-state index < -0.39 is 10.0 Å². The van der Waals surface area contributed by atoms with Crippen LogP contribution in [0.3, 0.4) is 0 Å². The second-order valence-corrected chi connectivity index (χ2v) is 6.82. The van der Waals surface area contributed by atoms with Crippen molar-refractivity contribution in [3.05, 3.63) is 48.4 Å². The Kier molecular flexibility index (Phi) is 3.16. The first-order valence-corrected chi connectivity index (χ1v) is 7.80.